The predicted molar refractivity (Wildman–Crippen MR) is 107 cm³/mol. The fraction of sp³-hybridized carbons (Fsp3) is 0.429. The highest BCUT2D eigenvalue weighted by Gasteiger charge is 2.27. The molecule has 0 spiro atoms. The monoisotopic (exact) mass is 378 g/mol. The maximum Gasteiger partial charge on any atom is 0.272 e. The maximum absolute atomic E-state index is 13.0. The summed E-state index contributed by atoms with van der Waals surface area (Å²) >= 11 is 0. The molecule has 7 nitrogen and oxygen atoms in total. The standard InChI is InChI=1S/C21H26N6O/c1-15-11-19(25(3)24-15)21(28)26-10-4-5-17(13-26)14-27-16(2)12-23-20(27)18-6-8-22-9-7-18/h6-9,11-12,17H,4-5,10,13-14H2,1-3H3. The van der Waals surface area contributed by atoms with Crippen LogP contribution in [0, 0.1) is 19.8 Å². The van der Waals surface area contributed by atoms with Gasteiger partial charge in [-0.1, -0.05) is 0 Å². The van der Waals surface area contributed by atoms with Gasteiger partial charge in [-0.25, -0.2) is 4.98 Å². The predicted octanol–water partition coefficient (Wildman–Crippen LogP) is 2.85. The number of rotatable bonds is 4. The van der Waals surface area contributed by atoms with Crippen LogP contribution in [0.1, 0.15) is 34.7 Å². The number of carbonyl (C=O) groups excluding carboxylic acids is 1. The molecule has 7 heteroatoms. The third-order valence-corrected chi connectivity index (χ3v) is 5.46. The smallest absolute Gasteiger partial charge is 0.272 e. The van der Waals surface area contributed by atoms with Gasteiger partial charge in [-0.2, -0.15) is 5.10 Å². The highest BCUT2D eigenvalue weighted by atomic mass is 16.2. The maximum atomic E-state index is 13.0. The molecule has 0 radical (unpaired) electrons. The number of nitrogens with zero attached hydrogens (tertiary/aromatic N) is 6. The van der Waals surface area contributed by atoms with E-state index in [0.29, 0.717) is 11.6 Å². The summed E-state index contributed by atoms with van der Waals surface area (Å²) in [5.41, 5.74) is 3.74. The number of carbonyl (C=O) groups is 1. The molecular weight excluding hydrogens is 352 g/mol. The highest BCUT2D eigenvalue weighted by molar-refractivity contribution is 5.92. The van der Waals surface area contributed by atoms with Crippen molar-refractivity contribution in [2.75, 3.05) is 13.1 Å². The van der Waals surface area contributed by atoms with E-state index in [0.717, 1.165) is 55.3 Å². The summed E-state index contributed by atoms with van der Waals surface area (Å²) < 4.78 is 3.95. The van der Waals surface area contributed by atoms with Gasteiger partial charge in [0.05, 0.1) is 5.69 Å². The summed E-state index contributed by atoms with van der Waals surface area (Å²) in [5.74, 6) is 1.44. The largest absolute Gasteiger partial charge is 0.337 e. The van der Waals surface area contributed by atoms with E-state index in [1.807, 2.05) is 43.3 Å². The molecule has 1 aliphatic rings. The minimum atomic E-state index is 0.0736. The first-order valence-corrected chi connectivity index (χ1v) is 9.75. The molecule has 0 N–H and O–H groups in total. The molecule has 4 heterocycles. The number of pyridine rings is 1. The van der Waals surface area contributed by atoms with Gasteiger partial charge in [0.1, 0.15) is 11.5 Å². The van der Waals surface area contributed by atoms with Gasteiger partial charge in [-0.15, -0.1) is 0 Å². The van der Waals surface area contributed by atoms with E-state index < -0.39 is 0 Å². The average molecular weight is 378 g/mol. The average Bonchev–Trinajstić information content (AvgIpc) is 3.24. The molecule has 0 saturated carbocycles. The summed E-state index contributed by atoms with van der Waals surface area (Å²) in [4.78, 5) is 23.7. The van der Waals surface area contributed by atoms with Gasteiger partial charge in [0.25, 0.3) is 5.91 Å². The lowest BCUT2D eigenvalue weighted by atomic mass is 9.97. The lowest BCUT2D eigenvalue weighted by Gasteiger charge is -2.33. The second kappa shape index (κ2) is 7.58. The molecule has 4 rings (SSSR count). The zero-order valence-corrected chi connectivity index (χ0v) is 16.7. The van der Waals surface area contributed by atoms with Gasteiger partial charge in [0, 0.05) is 56.5 Å². The van der Waals surface area contributed by atoms with Crippen molar-refractivity contribution >= 4 is 5.91 Å². The van der Waals surface area contributed by atoms with Crippen LogP contribution in [0.5, 0.6) is 0 Å². The molecule has 0 bridgehead atoms. The van der Waals surface area contributed by atoms with Crippen molar-refractivity contribution in [3.8, 4) is 11.4 Å². The number of amides is 1. The summed E-state index contributed by atoms with van der Waals surface area (Å²) in [7, 11) is 1.83. The van der Waals surface area contributed by atoms with Crippen LogP contribution >= 0.6 is 0 Å². The molecule has 1 amide bonds. The Hall–Kier alpha value is -2.96. The van der Waals surface area contributed by atoms with Crippen LogP contribution in [-0.4, -0.2) is 48.2 Å². The van der Waals surface area contributed by atoms with Gasteiger partial charge in [-0.05, 0) is 50.8 Å². The van der Waals surface area contributed by atoms with Gasteiger partial charge >= 0.3 is 0 Å². The Morgan fingerprint density at radius 3 is 2.75 bits per heavy atom. The number of aromatic nitrogens is 5. The van der Waals surface area contributed by atoms with Crippen LogP contribution in [0.3, 0.4) is 0 Å². The Balaban J connectivity index is 1.51. The van der Waals surface area contributed by atoms with E-state index >= 15 is 0 Å². The van der Waals surface area contributed by atoms with E-state index in [-0.39, 0.29) is 5.91 Å². The van der Waals surface area contributed by atoms with E-state index in [1.165, 1.54) is 0 Å². The molecule has 3 aromatic rings. The van der Waals surface area contributed by atoms with Crippen molar-refractivity contribution in [2.24, 2.45) is 13.0 Å². The van der Waals surface area contributed by atoms with Gasteiger partial charge < -0.3 is 9.47 Å². The number of hydrogen-bond acceptors (Lipinski definition) is 4. The Morgan fingerprint density at radius 2 is 2.04 bits per heavy atom. The zero-order valence-electron chi connectivity index (χ0n) is 16.7. The fourth-order valence-electron chi connectivity index (χ4n) is 4.05. The number of likely N-dealkylation sites (tertiary alicyclic amines) is 1. The molecule has 1 atom stereocenters. The number of aryl methyl sites for hydroxylation is 3. The molecular formula is C21H26N6O. The zero-order chi connectivity index (χ0) is 19.7. The van der Waals surface area contributed by atoms with Crippen molar-refractivity contribution in [1.82, 2.24) is 29.2 Å². The summed E-state index contributed by atoms with van der Waals surface area (Å²) in [6, 6.07) is 5.84. The lowest BCUT2D eigenvalue weighted by molar-refractivity contribution is 0.0651. The van der Waals surface area contributed by atoms with Crippen molar-refractivity contribution in [3.05, 3.63) is 53.9 Å². The number of piperidine rings is 1. The Bertz CT molecular complexity index is 974. The molecule has 1 fully saturated rings. The Labute approximate surface area is 165 Å². The molecule has 146 valence electrons. The minimum absolute atomic E-state index is 0.0736. The first-order chi connectivity index (χ1) is 13.5. The molecule has 1 aliphatic heterocycles. The third kappa shape index (κ3) is 3.56. The Morgan fingerprint density at radius 1 is 1.25 bits per heavy atom. The van der Waals surface area contributed by atoms with Crippen molar-refractivity contribution < 1.29 is 4.79 Å². The van der Waals surface area contributed by atoms with Gasteiger partial charge in [0.15, 0.2) is 0 Å². The van der Waals surface area contributed by atoms with Gasteiger partial charge in [-0.3, -0.25) is 14.5 Å². The summed E-state index contributed by atoms with van der Waals surface area (Å²) in [6.07, 6.45) is 7.63. The second-order valence-corrected chi connectivity index (χ2v) is 7.62. The fourth-order valence-corrected chi connectivity index (χ4v) is 4.05. The topological polar surface area (TPSA) is 68.8 Å². The van der Waals surface area contributed by atoms with Crippen molar-refractivity contribution in [2.45, 2.75) is 33.2 Å². The van der Waals surface area contributed by atoms with Crippen LogP contribution in [0.15, 0.2) is 36.8 Å². The normalized spacial score (nSPS) is 17.1. The quantitative estimate of drug-likeness (QED) is 0.700. The molecule has 1 unspecified atom stereocenters. The van der Waals surface area contributed by atoms with Crippen LogP contribution in [-0.2, 0) is 13.6 Å². The van der Waals surface area contributed by atoms with Crippen molar-refractivity contribution in [1.29, 1.82) is 0 Å². The second-order valence-electron chi connectivity index (χ2n) is 7.62. The number of hydrogen-bond donors (Lipinski definition) is 0. The van der Waals surface area contributed by atoms with Crippen LogP contribution in [0.25, 0.3) is 11.4 Å². The SMILES string of the molecule is Cc1cc(C(=O)N2CCCC(Cn3c(C)cnc3-c3ccncc3)C2)n(C)n1. The van der Waals surface area contributed by atoms with Gasteiger partial charge in [0.2, 0.25) is 0 Å². The van der Waals surface area contributed by atoms with E-state index in [1.54, 1.807) is 17.1 Å². The summed E-state index contributed by atoms with van der Waals surface area (Å²) in [6.45, 7) is 6.42. The molecule has 1 saturated heterocycles. The van der Waals surface area contributed by atoms with Crippen LogP contribution in [0.4, 0.5) is 0 Å². The molecule has 3 aromatic heterocycles. The van der Waals surface area contributed by atoms with Crippen molar-refractivity contribution in [3.63, 3.8) is 0 Å². The highest BCUT2D eigenvalue weighted by Crippen LogP contribution is 2.25. The van der Waals surface area contributed by atoms with Crippen LogP contribution < -0.4 is 0 Å². The molecule has 0 aliphatic carbocycles. The first kappa shape index (κ1) is 18.4. The van der Waals surface area contributed by atoms with E-state index in [2.05, 4.69) is 26.6 Å². The lowest BCUT2D eigenvalue weighted by Crippen LogP contribution is -2.41. The first-order valence-electron chi connectivity index (χ1n) is 9.75. The molecule has 28 heavy (non-hydrogen) atoms. The molecule has 0 aromatic carbocycles. The minimum Gasteiger partial charge on any atom is -0.337 e. The summed E-state index contributed by atoms with van der Waals surface area (Å²) in [5, 5.41) is 4.32. The van der Waals surface area contributed by atoms with E-state index in [9.17, 15) is 4.79 Å². The van der Waals surface area contributed by atoms with E-state index in [4.69, 9.17) is 0 Å². The third-order valence-electron chi connectivity index (χ3n) is 5.46. The van der Waals surface area contributed by atoms with Crippen LogP contribution in [0.2, 0.25) is 0 Å². The Kier molecular flexibility index (Phi) is 4.98. The number of imidazole rings is 1.